The number of nitrogens with zero attached hydrogens (tertiary/aromatic N) is 3. The lowest BCUT2D eigenvalue weighted by Gasteiger charge is -2.32. The van der Waals surface area contributed by atoms with E-state index in [1.807, 2.05) is 18.2 Å². The molecule has 1 aliphatic carbocycles. The predicted octanol–water partition coefficient (Wildman–Crippen LogP) is 4.05. The first-order valence-electron chi connectivity index (χ1n) is 6.91. The number of anilines is 1. The molecule has 0 N–H and O–H groups in total. The summed E-state index contributed by atoms with van der Waals surface area (Å²) < 4.78 is 0. The maximum absolute atomic E-state index is 6.13. The Labute approximate surface area is 118 Å². The van der Waals surface area contributed by atoms with Crippen molar-refractivity contribution >= 4 is 28.2 Å². The van der Waals surface area contributed by atoms with Crippen LogP contribution < -0.4 is 4.90 Å². The molecule has 1 heterocycles. The van der Waals surface area contributed by atoms with Gasteiger partial charge in [0.15, 0.2) is 11.0 Å². The van der Waals surface area contributed by atoms with Crippen LogP contribution in [0.15, 0.2) is 24.3 Å². The topological polar surface area (TPSA) is 29.0 Å². The molecule has 1 aromatic carbocycles. The summed E-state index contributed by atoms with van der Waals surface area (Å²) >= 11 is 6.13. The van der Waals surface area contributed by atoms with Crippen molar-refractivity contribution in [2.75, 3.05) is 11.9 Å². The second-order valence-corrected chi connectivity index (χ2v) is 5.62. The second kappa shape index (κ2) is 5.33. The van der Waals surface area contributed by atoms with Gasteiger partial charge in [-0.1, -0.05) is 55.1 Å². The summed E-state index contributed by atoms with van der Waals surface area (Å²) in [5.74, 6) is 0.951. The van der Waals surface area contributed by atoms with Crippen LogP contribution in [0.25, 0.3) is 10.8 Å². The van der Waals surface area contributed by atoms with Crippen molar-refractivity contribution in [1.29, 1.82) is 0 Å². The van der Waals surface area contributed by atoms with Gasteiger partial charge in [0, 0.05) is 23.9 Å². The molecule has 1 saturated carbocycles. The molecule has 3 rings (SSSR count). The molecular formula is C15H18ClN3. The van der Waals surface area contributed by atoms with Crippen LogP contribution in [0.3, 0.4) is 0 Å². The van der Waals surface area contributed by atoms with E-state index < -0.39 is 0 Å². The van der Waals surface area contributed by atoms with Crippen LogP contribution in [0.4, 0.5) is 5.82 Å². The van der Waals surface area contributed by atoms with E-state index in [1.165, 1.54) is 32.1 Å². The van der Waals surface area contributed by atoms with Gasteiger partial charge in [-0.15, -0.1) is 10.2 Å². The molecule has 3 nitrogen and oxygen atoms in total. The van der Waals surface area contributed by atoms with E-state index in [4.69, 9.17) is 11.6 Å². The van der Waals surface area contributed by atoms with Gasteiger partial charge in [0.05, 0.1) is 0 Å². The molecule has 2 aromatic rings. The number of aromatic nitrogens is 2. The first kappa shape index (κ1) is 12.7. The molecule has 0 radical (unpaired) electrons. The third-order valence-corrected chi connectivity index (χ3v) is 4.36. The van der Waals surface area contributed by atoms with Crippen molar-refractivity contribution < 1.29 is 0 Å². The van der Waals surface area contributed by atoms with Crippen LogP contribution in [-0.2, 0) is 0 Å². The van der Waals surface area contributed by atoms with Crippen molar-refractivity contribution in [2.45, 2.75) is 38.1 Å². The summed E-state index contributed by atoms with van der Waals surface area (Å²) in [5, 5.41) is 11.0. The smallest absolute Gasteiger partial charge is 0.159 e. The van der Waals surface area contributed by atoms with E-state index in [-0.39, 0.29) is 0 Å². The Balaban J connectivity index is 2.02. The van der Waals surface area contributed by atoms with Crippen molar-refractivity contribution in [1.82, 2.24) is 10.2 Å². The Kier molecular flexibility index (Phi) is 3.56. The first-order valence-corrected chi connectivity index (χ1v) is 7.29. The van der Waals surface area contributed by atoms with Crippen LogP contribution >= 0.6 is 11.6 Å². The van der Waals surface area contributed by atoms with Gasteiger partial charge in [0.25, 0.3) is 0 Å². The average molecular weight is 276 g/mol. The minimum absolute atomic E-state index is 0.483. The Bertz CT molecular complexity index is 579. The highest BCUT2D eigenvalue weighted by molar-refractivity contribution is 6.34. The minimum Gasteiger partial charge on any atom is -0.355 e. The van der Waals surface area contributed by atoms with Crippen molar-refractivity contribution in [3.63, 3.8) is 0 Å². The van der Waals surface area contributed by atoms with Crippen LogP contribution in [0.2, 0.25) is 5.15 Å². The average Bonchev–Trinajstić information content (AvgIpc) is 2.48. The molecule has 1 aliphatic rings. The molecule has 0 aliphatic heterocycles. The Morgan fingerprint density at radius 1 is 1.05 bits per heavy atom. The Morgan fingerprint density at radius 2 is 1.74 bits per heavy atom. The molecule has 0 amide bonds. The second-order valence-electron chi connectivity index (χ2n) is 5.26. The third kappa shape index (κ3) is 2.39. The molecule has 1 fully saturated rings. The molecule has 0 spiro atoms. The van der Waals surface area contributed by atoms with Crippen LogP contribution in [0.1, 0.15) is 32.1 Å². The maximum Gasteiger partial charge on any atom is 0.159 e. The zero-order valence-electron chi connectivity index (χ0n) is 11.1. The first-order chi connectivity index (χ1) is 9.27. The summed E-state index contributed by atoms with van der Waals surface area (Å²) in [7, 11) is 2.13. The highest BCUT2D eigenvalue weighted by atomic mass is 35.5. The fraction of sp³-hybridized carbons (Fsp3) is 0.467. The van der Waals surface area contributed by atoms with Crippen LogP contribution in [0, 0.1) is 0 Å². The number of rotatable bonds is 2. The quantitative estimate of drug-likeness (QED) is 0.828. The van der Waals surface area contributed by atoms with Crippen molar-refractivity contribution in [3.05, 3.63) is 29.4 Å². The highest BCUT2D eigenvalue weighted by Crippen LogP contribution is 2.31. The van der Waals surface area contributed by atoms with Gasteiger partial charge in [-0.05, 0) is 12.8 Å². The molecule has 0 atom stereocenters. The van der Waals surface area contributed by atoms with Gasteiger partial charge >= 0.3 is 0 Å². The zero-order valence-corrected chi connectivity index (χ0v) is 11.9. The van der Waals surface area contributed by atoms with Gasteiger partial charge < -0.3 is 4.90 Å². The maximum atomic E-state index is 6.13. The molecular weight excluding hydrogens is 258 g/mol. The lowest BCUT2D eigenvalue weighted by Crippen LogP contribution is -2.34. The summed E-state index contributed by atoms with van der Waals surface area (Å²) in [4.78, 5) is 2.28. The molecule has 4 heteroatoms. The molecule has 100 valence electrons. The summed E-state index contributed by atoms with van der Waals surface area (Å²) in [5.41, 5.74) is 0. The lowest BCUT2D eigenvalue weighted by atomic mass is 9.94. The largest absolute Gasteiger partial charge is 0.355 e. The molecule has 0 saturated heterocycles. The van der Waals surface area contributed by atoms with E-state index in [2.05, 4.69) is 28.2 Å². The van der Waals surface area contributed by atoms with E-state index in [0.29, 0.717) is 11.2 Å². The zero-order chi connectivity index (χ0) is 13.2. The standard InChI is InChI=1S/C15H18ClN3/c1-19(11-7-3-2-4-8-11)15-13-10-6-5-9-12(13)14(16)17-18-15/h5-6,9-11H,2-4,7-8H2,1H3. The SMILES string of the molecule is CN(c1nnc(Cl)c2ccccc12)C1CCCCC1. The fourth-order valence-electron chi connectivity index (χ4n) is 2.96. The normalized spacial score (nSPS) is 16.7. The van der Waals surface area contributed by atoms with E-state index in [9.17, 15) is 0 Å². The minimum atomic E-state index is 0.483. The van der Waals surface area contributed by atoms with Gasteiger partial charge in [-0.2, -0.15) is 0 Å². The summed E-state index contributed by atoms with van der Waals surface area (Å²) in [6.07, 6.45) is 6.48. The van der Waals surface area contributed by atoms with Gasteiger partial charge in [-0.3, -0.25) is 0 Å². The third-order valence-electron chi connectivity index (χ3n) is 4.08. The van der Waals surface area contributed by atoms with Gasteiger partial charge in [0.1, 0.15) is 0 Å². The number of benzene rings is 1. The number of hydrogen-bond donors (Lipinski definition) is 0. The molecule has 0 bridgehead atoms. The highest BCUT2D eigenvalue weighted by Gasteiger charge is 2.21. The van der Waals surface area contributed by atoms with Gasteiger partial charge in [0.2, 0.25) is 0 Å². The number of halogens is 1. The predicted molar refractivity (Wildman–Crippen MR) is 79.8 cm³/mol. The number of fused-ring (bicyclic) bond motifs is 1. The molecule has 1 aromatic heterocycles. The Morgan fingerprint density at radius 3 is 2.47 bits per heavy atom. The lowest BCUT2D eigenvalue weighted by molar-refractivity contribution is 0.426. The van der Waals surface area contributed by atoms with Crippen LogP contribution in [0.5, 0.6) is 0 Å². The summed E-state index contributed by atoms with van der Waals surface area (Å²) in [6.45, 7) is 0. The molecule has 0 unspecified atom stereocenters. The monoisotopic (exact) mass is 275 g/mol. The van der Waals surface area contributed by atoms with E-state index in [1.54, 1.807) is 0 Å². The van der Waals surface area contributed by atoms with Crippen LogP contribution in [-0.4, -0.2) is 23.3 Å². The Hall–Kier alpha value is -1.35. The van der Waals surface area contributed by atoms with Crippen molar-refractivity contribution in [2.24, 2.45) is 0 Å². The van der Waals surface area contributed by atoms with Crippen molar-refractivity contribution in [3.8, 4) is 0 Å². The fourth-order valence-corrected chi connectivity index (χ4v) is 3.16. The molecule has 19 heavy (non-hydrogen) atoms. The number of hydrogen-bond acceptors (Lipinski definition) is 3. The van der Waals surface area contributed by atoms with E-state index in [0.717, 1.165) is 16.6 Å². The summed E-state index contributed by atoms with van der Waals surface area (Å²) in [6, 6.07) is 8.67. The van der Waals surface area contributed by atoms with Gasteiger partial charge in [-0.25, -0.2) is 0 Å². The van der Waals surface area contributed by atoms with E-state index >= 15 is 0 Å².